The van der Waals surface area contributed by atoms with Crippen LogP contribution in [0.3, 0.4) is 0 Å². The van der Waals surface area contributed by atoms with Crippen molar-refractivity contribution in [1.82, 2.24) is 0 Å². The SMILES string of the molecule is CC(C)C[C@H]1C=C[C@@H](C(O)O)CC1. The molecule has 0 unspecified atom stereocenters. The summed E-state index contributed by atoms with van der Waals surface area (Å²) in [5.74, 6) is 1.34. The summed E-state index contributed by atoms with van der Waals surface area (Å²) in [6.45, 7) is 4.45. The molecule has 0 spiro atoms. The van der Waals surface area contributed by atoms with E-state index in [-0.39, 0.29) is 5.92 Å². The first-order valence-corrected chi connectivity index (χ1v) is 5.14. The molecule has 0 aromatic heterocycles. The molecule has 0 aliphatic heterocycles. The molecule has 2 N–H and O–H groups in total. The maximum Gasteiger partial charge on any atom is 0.157 e. The van der Waals surface area contributed by atoms with E-state index < -0.39 is 6.29 Å². The molecule has 2 nitrogen and oxygen atoms in total. The van der Waals surface area contributed by atoms with Crippen molar-refractivity contribution in [2.45, 2.75) is 39.4 Å². The highest BCUT2D eigenvalue weighted by atomic mass is 16.5. The molecule has 1 rings (SSSR count). The lowest BCUT2D eigenvalue weighted by atomic mass is 9.84. The molecule has 0 aromatic carbocycles. The van der Waals surface area contributed by atoms with Crippen molar-refractivity contribution < 1.29 is 10.2 Å². The van der Waals surface area contributed by atoms with Gasteiger partial charge in [-0.05, 0) is 31.1 Å². The van der Waals surface area contributed by atoms with Crippen LogP contribution in [0.1, 0.15) is 33.1 Å². The van der Waals surface area contributed by atoms with Crippen molar-refractivity contribution in [2.75, 3.05) is 0 Å². The zero-order valence-electron chi connectivity index (χ0n) is 8.48. The van der Waals surface area contributed by atoms with Crippen LogP contribution < -0.4 is 0 Å². The molecular weight excluding hydrogens is 164 g/mol. The highest BCUT2D eigenvalue weighted by Crippen LogP contribution is 2.28. The number of allylic oxidation sites excluding steroid dienone is 1. The van der Waals surface area contributed by atoms with Crippen molar-refractivity contribution in [3.63, 3.8) is 0 Å². The Morgan fingerprint density at radius 2 is 1.92 bits per heavy atom. The minimum atomic E-state index is -1.17. The van der Waals surface area contributed by atoms with Crippen LogP contribution in [0, 0.1) is 17.8 Å². The number of hydrogen-bond donors (Lipinski definition) is 2. The number of hydrogen-bond acceptors (Lipinski definition) is 2. The van der Waals surface area contributed by atoms with Crippen molar-refractivity contribution in [3.8, 4) is 0 Å². The van der Waals surface area contributed by atoms with E-state index in [1.54, 1.807) is 0 Å². The van der Waals surface area contributed by atoms with Gasteiger partial charge in [-0.25, -0.2) is 0 Å². The van der Waals surface area contributed by atoms with E-state index in [4.69, 9.17) is 10.2 Å². The van der Waals surface area contributed by atoms with Gasteiger partial charge in [-0.2, -0.15) is 0 Å². The fourth-order valence-electron chi connectivity index (χ4n) is 1.95. The van der Waals surface area contributed by atoms with Crippen LogP contribution in [0.5, 0.6) is 0 Å². The minimum absolute atomic E-state index is 0.0385. The van der Waals surface area contributed by atoms with Gasteiger partial charge in [0.05, 0.1) is 0 Å². The third-order valence-corrected chi connectivity index (χ3v) is 2.66. The summed E-state index contributed by atoms with van der Waals surface area (Å²) in [5.41, 5.74) is 0. The summed E-state index contributed by atoms with van der Waals surface area (Å²) >= 11 is 0. The smallest absolute Gasteiger partial charge is 0.157 e. The summed E-state index contributed by atoms with van der Waals surface area (Å²) in [5, 5.41) is 17.9. The second-order valence-electron chi connectivity index (χ2n) is 4.43. The average Bonchev–Trinajstić information content (AvgIpc) is 2.04. The summed E-state index contributed by atoms with van der Waals surface area (Å²) in [4.78, 5) is 0. The Labute approximate surface area is 80.3 Å². The topological polar surface area (TPSA) is 40.5 Å². The normalized spacial score (nSPS) is 28.8. The van der Waals surface area contributed by atoms with Gasteiger partial charge in [0, 0.05) is 5.92 Å². The molecule has 76 valence electrons. The standard InChI is InChI=1S/C11H20O2/c1-8(2)7-9-3-5-10(6-4-9)11(12)13/h3,5,8-13H,4,6-7H2,1-2H3/t9-,10+/m0/s1. The van der Waals surface area contributed by atoms with Crippen LogP contribution in [-0.4, -0.2) is 16.5 Å². The Kier molecular flexibility index (Phi) is 3.94. The lowest BCUT2D eigenvalue weighted by Crippen LogP contribution is -2.21. The summed E-state index contributed by atoms with van der Waals surface area (Å²) in [7, 11) is 0. The van der Waals surface area contributed by atoms with E-state index >= 15 is 0 Å². The Bertz CT molecular complexity index is 173. The monoisotopic (exact) mass is 184 g/mol. The zero-order chi connectivity index (χ0) is 9.84. The van der Waals surface area contributed by atoms with Crippen LogP contribution in [0.15, 0.2) is 12.2 Å². The number of aliphatic hydroxyl groups is 2. The predicted octanol–water partition coefficient (Wildman–Crippen LogP) is 1.93. The molecule has 2 atom stereocenters. The van der Waals surface area contributed by atoms with Gasteiger partial charge in [0.25, 0.3) is 0 Å². The lowest BCUT2D eigenvalue weighted by molar-refractivity contribution is -0.0742. The Morgan fingerprint density at radius 3 is 2.31 bits per heavy atom. The summed E-state index contributed by atoms with van der Waals surface area (Å²) in [6, 6.07) is 0. The molecule has 0 saturated heterocycles. The van der Waals surface area contributed by atoms with Crippen molar-refractivity contribution in [3.05, 3.63) is 12.2 Å². The van der Waals surface area contributed by atoms with Crippen LogP contribution in [0.2, 0.25) is 0 Å². The fourth-order valence-corrected chi connectivity index (χ4v) is 1.95. The number of rotatable bonds is 3. The quantitative estimate of drug-likeness (QED) is 0.519. The summed E-state index contributed by atoms with van der Waals surface area (Å²) in [6.07, 6.45) is 6.15. The predicted molar refractivity (Wildman–Crippen MR) is 53.0 cm³/mol. The van der Waals surface area contributed by atoms with Crippen molar-refractivity contribution in [1.29, 1.82) is 0 Å². The van der Waals surface area contributed by atoms with Crippen LogP contribution >= 0.6 is 0 Å². The Morgan fingerprint density at radius 1 is 1.23 bits per heavy atom. The second-order valence-corrected chi connectivity index (χ2v) is 4.43. The van der Waals surface area contributed by atoms with Crippen molar-refractivity contribution in [2.24, 2.45) is 17.8 Å². The first-order chi connectivity index (χ1) is 6.09. The van der Waals surface area contributed by atoms with Gasteiger partial charge in [0.2, 0.25) is 0 Å². The molecule has 0 fully saturated rings. The first kappa shape index (κ1) is 10.7. The molecule has 13 heavy (non-hydrogen) atoms. The minimum Gasteiger partial charge on any atom is -0.368 e. The molecule has 1 aliphatic carbocycles. The van der Waals surface area contributed by atoms with Gasteiger partial charge in [-0.1, -0.05) is 26.0 Å². The maximum absolute atomic E-state index is 8.95. The molecule has 2 heteroatoms. The van der Waals surface area contributed by atoms with E-state index in [2.05, 4.69) is 19.9 Å². The van der Waals surface area contributed by atoms with E-state index in [0.29, 0.717) is 5.92 Å². The lowest BCUT2D eigenvalue weighted by Gasteiger charge is -2.24. The van der Waals surface area contributed by atoms with Gasteiger partial charge in [0.1, 0.15) is 0 Å². The zero-order valence-corrected chi connectivity index (χ0v) is 8.48. The third-order valence-electron chi connectivity index (χ3n) is 2.66. The summed E-state index contributed by atoms with van der Waals surface area (Å²) < 4.78 is 0. The van der Waals surface area contributed by atoms with Crippen LogP contribution in [0.4, 0.5) is 0 Å². The molecule has 0 aromatic rings. The first-order valence-electron chi connectivity index (χ1n) is 5.14. The Hall–Kier alpha value is -0.340. The molecule has 0 amide bonds. The highest BCUT2D eigenvalue weighted by Gasteiger charge is 2.20. The average molecular weight is 184 g/mol. The molecule has 0 radical (unpaired) electrons. The molecule has 0 saturated carbocycles. The van der Waals surface area contributed by atoms with Crippen LogP contribution in [0.25, 0.3) is 0 Å². The Balaban J connectivity index is 2.38. The molecular formula is C11H20O2. The van der Waals surface area contributed by atoms with E-state index in [1.165, 1.54) is 6.42 Å². The van der Waals surface area contributed by atoms with Gasteiger partial charge in [-0.15, -0.1) is 0 Å². The van der Waals surface area contributed by atoms with Crippen molar-refractivity contribution >= 4 is 0 Å². The van der Waals surface area contributed by atoms with Gasteiger partial charge in [0.15, 0.2) is 6.29 Å². The third kappa shape index (κ3) is 3.49. The second kappa shape index (κ2) is 4.77. The van der Waals surface area contributed by atoms with Crippen LogP contribution in [-0.2, 0) is 0 Å². The van der Waals surface area contributed by atoms with E-state index in [0.717, 1.165) is 18.8 Å². The van der Waals surface area contributed by atoms with Gasteiger partial charge >= 0.3 is 0 Å². The number of aliphatic hydroxyl groups excluding tert-OH is 1. The molecule has 0 bridgehead atoms. The van der Waals surface area contributed by atoms with E-state index in [1.807, 2.05) is 6.08 Å². The fraction of sp³-hybridized carbons (Fsp3) is 0.818. The maximum atomic E-state index is 8.95. The van der Waals surface area contributed by atoms with Gasteiger partial charge in [-0.3, -0.25) is 0 Å². The van der Waals surface area contributed by atoms with Gasteiger partial charge < -0.3 is 10.2 Å². The largest absolute Gasteiger partial charge is 0.368 e. The highest BCUT2D eigenvalue weighted by molar-refractivity contribution is 4.98. The molecule has 0 heterocycles. The molecule has 1 aliphatic rings. The van der Waals surface area contributed by atoms with E-state index in [9.17, 15) is 0 Å².